The van der Waals surface area contributed by atoms with Crippen molar-refractivity contribution in [1.29, 1.82) is 0 Å². The van der Waals surface area contributed by atoms with Crippen LogP contribution in [-0.4, -0.2) is 48.8 Å². The van der Waals surface area contributed by atoms with Crippen LogP contribution in [0.25, 0.3) is 0 Å². The second-order valence-electron chi connectivity index (χ2n) is 6.84. The molecular formula is C20H22N6O. The minimum Gasteiger partial charge on any atom is -0.331 e. The molecule has 0 bridgehead atoms. The summed E-state index contributed by atoms with van der Waals surface area (Å²) < 4.78 is 2.15. The summed E-state index contributed by atoms with van der Waals surface area (Å²) >= 11 is 0. The molecule has 7 nitrogen and oxygen atoms in total. The number of carbonyl (C=O) groups excluding carboxylic acids is 1. The van der Waals surface area contributed by atoms with Crippen LogP contribution in [0, 0.1) is 0 Å². The fourth-order valence-electron chi connectivity index (χ4n) is 3.37. The molecule has 0 unspecified atom stereocenters. The van der Waals surface area contributed by atoms with E-state index in [0.29, 0.717) is 18.7 Å². The van der Waals surface area contributed by atoms with E-state index in [4.69, 9.17) is 4.98 Å². The van der Waals surface area contributed by atoms with E-state index in [9.17, 15) is 4.79 Å². The number of pyridine rings is 2. The average molecular weight is 362 g/mol. The summed E-state index contributed by atoms with van der Waals surface area (Å²) in [5.41, 5.74) is 2.82. The number of nitrogens with zero attached hydrogens (tertiary/aromatic N) is 6. The SMILES string of the molecule is CN(Cc1cccnc1)Cc1cn2c(n1)CN(C(=O)c1cccnc1)CC2. The number of carbonyl (C=O) groups is 1. The molecule has 1 aliphatic rings. The van der Waals surface area contributed by atoms with Gasteiger partial charge >= 0.3 is 0 Å². The Morgan fingerprint density at radius 1 is 1.11 bits per heavy atom. The van der Waals surface area contributed by atoms with Crippen molar-refractivity contribution in [2.24, 2.45) is 0 Å². The maximum absolute atomic E-state index is 12.6. The lowest BCUT2D eigenvalue weighted by atomic mass is 10.2. The van der Waals surface area contributed by atoms with Crippen LogP contribution in [0.1, 0.15) is 27.4 Å². The molecule has 1 amide bonds. The zero-order valence-corrected chi connectivity index (χ0v) is 15.3. The van der Waals surface area contributed by atoms with Crippen LogP contribution in [0.15, 0.2) is 55.2 Å². The van der Waals surface area contributed by atoms with Crippen LogP contribution in [0.4, 0.5) is 0 Å². The number of rotatable bonds is 5. The molecule has 3 aromatic heterocycles. The van der Waals surface area contributed by atoms with Gasteiger partial charge in [0.25, 0.3) is 5.91 Å². The fraction of sp³-hybridized carbons (Fsp3) is 0.300. The number of fused-ring (bicyclic) bond motifs is 1. The Bertz CT molecular complexity index is 909. The molecule has 0 saturated carbocycles. The Morgan fingerprint density at radius 2 is 1.93 bits per heavy atom. The Hall–Kier alpha value is -3.06. The fourth-order valence-corrected chi connectivity index (χ4v) is 3.37. The molecule has 0 N–H and O–H groups in total. The molecule has 0 saturated heterocycles. The van der Waals surface area contributed by atoms with Gasteiger partial charge in [0.15, 0.2) is 0 Å². The van der Waals surface area contributed by atoms with Gasteiger partial charge in [-0.25, -0.2) is 4.98 Å². The first-order valence-electron chi connectivity index (χ1n) is 9.01. The number of amides is 1. The van der Waals surface area contributed by atoms with Crippen LogP contribution >= 0.6 is 0 Å². The molecule has 7 heteroatoms. The number of imidazole rings is 1. The summed E-state index contributed by atoms with van der Waals surface area (Å²) in [5.74, 6) is 0.941. The predicted octanol–water partition coefficient (Wildman–Crippen LogP) is 1.96. The number of hydrogen-bond acceptors (Lipinski definition) is 5. The Balaban J connectivity index is 1.40. The quantitative estimate of drug-likeness (QED) is 0.694. The minimum absolute atomic E-state index is 0.00703. The highest BCUT2D eigenvalue weighted by atomic mass is 16.2. The largest absolute Gasteiger partial charge is 0.331 e. The second kappa shape index (κ2) is 7.67. The highest BCUT2D eigenvalue weighted by Gasteiger charge is 2.23. The molecule has 27 heavy (non-hydrogen) atoms. The lowest BCUT2D eigenvalue weighted by Crippen LogP contribution is -2.38. The zero-order valence-electron chi connectivity index (χ0n) is 15.3. The van der Waals surface area contributed by atoms with E-state index in [1.54, 1.807) is 30.7 Å². The van der Waals surface area contributed by atoms with Crippen molar-refractivity contribution in [3.05, 3.63) is 77.9 Å². The van der Waals surface area contributed by atoms with Gasteiger partial charge in [0.2, 0.25) is 0 Å². The minimum atomic E-state index is 0.00703. The van der Waals surface area contributed by atoms with Gasteiger partial charge in [-0.3, -0.25) is 19.7 Å². The van der Waals surface area contributed by atoms with E-state index in [-0.39, 0.29) is 5.91 Å². The third-order valence-electron chi connectivity index (χ3n) is 4.66. The van der Waals surface area contributed by atoms with Crippen molar-refractivity contribution >= 4 is 5.91 Å². The topological polar surface area (TPSA) is 67.2 Å². The maximum Gasteiger partial charge on any atom is 0.255 e. The van der Waals surface area contributed by atoms with Crippen molar-refractivity contribution in [3.8, 4) is 0 Å². The summed E-state index contributed by atoms with van der Waals surface area (Å²) in [6.45, 7) is 3.55. The van der Waals surface area contributed by atoms with Gasteiger partial charge in [0, 0.05) is 57.2 Å². The van der Waals surface area contributed by atoms with Crippen molar-refractivity contribution in [2.45, 2.75) is 26.2 Å². The van der Waals surface area contributed by atoms with E-state index in [0.717, 1.165) is 31.2 Å². The first kappa shape index (κ1) is 17.4. The lowest BCUT2D eigenvalue weighted by Gasteiger charge is -2.27. The summed E-state index contributed by atoms with van der Waals surface area (Å²) in [6.07, 6.45) is 9.05. The number of hydrogen-bond donors (Lipinski definition) is 0. The van der Waals surface area contributed by atoms with Gasteiger partial charge in [-0.05, 0) is 30.8 Å². The van der Waals surface area contributed by atoms with Gasteiger partial charge in [-0.1, -0.05) is 6.07 Å². The van der Waals surface area contributed by atoms with E-state index in [1.165, 1.54) is 5.56 Å². The molecule has 0 fully saturated rings. The Morgan fingerprint density at radius 3 is 2.67 bits per heavy atom. The summed E-state index contributed by atoms with van der Waals surface area (Å²) in [7, 11) is 2.07. The van der Waals surface area contributed by atoms with Crippen molar-refractivity contribution in [1.82, 2.24) is 29.3 Å². The lowest BCUT2D eigenvalue weighted by molar-refractivity contribution is 0.0707. The molecule has 0 radical (unpaired) electrons. The first-order chi connectivity index (χ1) is 13.2. The molecule has 1 aliphatic heterocycles. The molecule has 138 valence electrons. The summed E-state index contributed by atoms with van der Waals surface area (Å²) in [4.78, 5) is 29.6. The van der Waals surface area contributed by atoms with E-state index in [2.05, 4.69) is 38.7 Å². The molecule has 3 aromatic rings. The molecule has 0 spiro atoms. The van der Waals surface area contributed by atoms with E-state index >= 15 is 0 Å². The monoisotopic (exact) mass is 362 g/mol. The highest BCUT2D eigenvalue weighted by molar-refractivity contribution is 5.93. The summed E-state index contributed by atoms with van der Waals surface area (Å²) in [6, 6.07) is 7.61. The van der Waals surface area contributed by atoms with Crippen molar-refractivity contribution in [3.63, 3.8) is 0 Å². The average Bonchev–Trinajstić information content (AvgIpc) is 3.10. The highest BCUT2D eigenvalue weighted by Crippen LogP contribution is 2.16. The normalized spacial score (nSPS) is 13.6. The van der Waals surface area contributed by atoms with E-state index < -0.39 is 0 Å². The van der Waals surface area contributed by atoms with Gasteiger partial charge in [-0.15, -0.1) is 0 Å². The van der Waals surface area contributed by atoms with Crippen LogP contribution in [0.5, 0.6) is 0 Å². The zero-order chi connectivity index (χ0) is 18.6. The van der Waals surface area contributed by atoms with Crippen LogP contribution in [0.3, 0.4) is 0 Å². The van der Waals surface area contributed by atoms with Crippen molar-refractivity contribution < 1.29 is 4.79 Å². The van der Waals surface area contributed by atoms with Gasteiger partial charge < -0.3 is 9.47 Å². The Kier molecular flexibility index (Phi) is 4.93. The van der Waals surface area contributed by atoms with Crippen LogP contribution < -0.4 is 0 Å². The predicted molar refractivity (Wildman–Crippen MR) is 101 cm³/mol. The van der Waals surface area contributed by atoms with Gasteiger partial charge in [0.1, 0.15) is 5.82 Å². The summed E-state index contributed by atoms with van der Waals surface area (Å²) in [5, 5.41) is 0. The third kappa shape index (κ3) is 4.03. The van der Waals surface area contributed by atoms with E-state index in [1.807, 2.05) is 17.2 Å². The van der Waals surface area contributed by atoms with Gasteiger partial charge in [0.05, 0.1) is 17.8 Å². The van der Waals surface area contributed by atoms with Gasteiger partial charge in [-0.2, -0.15) is 0 Å². The van der Waals surface area contributed by atoms with Crippen LogP contribution in [-0.2, 0) is 26.2 Å². The standard InChI is InChI=1S/C20H22N6O/c1-24(12-16-4-2-6-21-10-16)13-18-14-25-8-9-26(15-19(25)23-18)20(27)17-5-3-7-22-11-17/h2-7,10-11,14H,8-9,12-13,15H2,1H3. The second-order valence-corrected chi connectivity index (χ2v) is 6.84. The smallest absolute Gasteiger partial charge is 0.255 e. The molecule has 4 rings (SSSR count). The Labute approximate surface area is 158 Å². The molecule has 0 aromatic carbocycles. The molecular weight excluding hydrogens is 340 g/mol. The third-order valence-corrected chi connectivity index (χ3v) is 4.66. The molecule has 4 heterocycles. The maximum atomic E-state index is 12.6. The van der Waals surface area contributed by atoms with Crippen LogP contribution in [0.2, 0.25) is 0 Å². The van der Waals surface area contributed by atoms with Crippen molar-refractivity contribution in [2.75, 3.05) is 13.6 Å². The number of aromatic nitrogens is 4. The first-order valence-corrected chi connectivity index (χ1v) is 9.01. The molecule has 0 atom stereocenters. The molecule has 0 aliphatic carbocycles.